The molecule has 0 bridgehead atoms. The summed E-state index contributed by atoms with van der Waals surface area (Å²) in [6, 6.07) is 13.1. The van der Waals surface area contributed by atoms with Crippen molar-refractivity contribution in [2.45, 2.75) is 93.4 Å². The van der Waals surface area contributed by atoms with E-state index >= 15 is 0 Å². The van der Waals surface area contributed by atoms with E-state index in [9.17, 15) is 40.0 Å². The molecule has 5 rings (SSSR count). The van der Waals surface area contributed by atoms with Gasteiger partial charge in [-0.1, -0.05) is 35.9 Å². The van der Waals surface area contributed by atoms with Crippen molar-refractivity contribution in [2.75, 3.05) is 13.2 Å². The van der Waals surface area contributed by atoms with Gasteiger partial charge in [-0.3, -0.25) is 4.79 Å². The van der Waals surface area contributed by atoms with Gasteiger partial charge in [0.05, 0.1) is 18.8 Å². The molecule has 1 aliphatic carbocycles. The van der Waals surface area contributed by atoms with Crippen LogP contribution in [0.3, 0.4) is 0 Å². The number of aliphatic hydroxyl groups is 4. The molecular weight excluding hydrogens is 609 g/mol. The molecule has 45 heavy (non-hydrogen) atoms. The largest absolute Gasteiger partial charge is 0.490 e. The van der Waals surface area contributed by atoms with Crippen molar-refractivity contribution in [1.82, 2.24) is 10.4 Å². The first-order chi connectivity index (χ1) is 21.6. The van der Waals surface area contributed by atoms with E-state index in [1.807, 2.05) is 30.3 Å². The molecule has 2 saturated heterocycles. The van der Waals surface area contributed by atoms with E-state index in [0.717, 1.165) is 11.1 Å². The first-order valence-corrected chi connectivity index (χ1v) is 15.6. The van der Waals surface area contributed by atoms with Crippen molar-refractivity contribution in [3.05, 3.63) is 64.2 Å². The Bertz CT molecular complexity index is 1350. The zero-order chi connectivity index (χ0) is 32.2. The van der Waals surface area contributed by atoms with Gasteiger partial charge >= 0.3 is 5.97 Å². The summed E-state index contributed by atoms with van der Waals surface area (Å²) in [6.07, 6.45) is -4.45. The van der Waals surface area contributed by atoms with Crippen LogP contribution >= 0.6 is 11.6 Å². The summed E-state index contributed by atoms with van der Waals surface area (Å²) in [5.41, 5.74) is 5.18. The number of alkyl halides is 1. The quantitative estimate of drug-likeness (QED) is 0.223. The highest BCUT2D eigenvalue weighted by molar-refractivity contribution is 6.31. The number of ether oxygens (including phenoxy) is 2. The third-order valence-electron chi connectivity index (χ3n) is 9.07. The Morgan fingerprint density at radius 2 is 1.82 bits per heavy atom. The van der Waals surface area contributed by atoms with Crippen LogP contribution in [0, 0.1) is 17.2 Å². The minimum absolute atomic E-state index is 0.00759. The summed E-state index contributed by atoms with van der Waals surface area (Å²) in [6.45, 7) is -0.519. The Morgan fingerprint density at radius 3 is 2.47 bits per heavy atom. The number of hydrogen-bond acceptors (Lipinski definition) is 10. The number of hydrogen-bond donors (Lipinski definition) is 6. The predicted octanol–water partition coefficient (Wildman–Crippen LogP) is 2.28. The number of hydrazine groups is 1. The average Bonchev–Trinajstić information content (AvgIpc) is 3.40. The fourth-order valence-corrected chi connectivity index (χ4v) is 6.70. The lowest BCUT2D eigenvalue weighted by molar-refractivity contribution is -0.231. The molecule has 2 aromatic rings. The van der Waals surface area contributed by atoms with Gasteiger partial charge in [0.1, 0.15) is 54.5 Å². The number of halogens is 2. The lowest BCUT2D eigenvalue weighted by Crippen LogP contribution is -2.55. The smallest absolute Gasteiger partial charge is 0.322 e. The average molecular weight is 648 g/mol. The molecule has 2 heterocycles. The van der Waals surface area contributed by atoms with Crippen molar-refractivity contribution in [2.24, 2.45) is 5.92 Å². The Hall–Kier alpha value is -2.86. The molecule has 13 heteroatoms. The molecular formula is C32H39ClFN3O8. The van der Waals surface area contributed by atoms with Crippen LogP contribution in [0.4, 0.5) is 4.39 Å². The Labute approximate surface area is 265 Å². The third-order valence-corrected chi connectivity index (χ3v) is 9.44. The molecule has 6 N–H and O–H groups in total. The van der Waals surface area contributed by atoms with E-state index in [0.29, 0.717) is 48.4 Å². The minimum atomic E-state index is -1.48. The Balaban J connectivity index is 1.16. The SMILES string of the molecule is N#CC1C[C@H](F)CN1N[C@H](C(=O)O)C1CCC(Oc2ccc(Cc3cc([C@@H]4O[C@H](CO)[C@@H](O)[C@H](O)[C@H]4O)ccc3Cl)cc2)CC1. The molecule has 0 amide bonds. The molecule has 11 nitrogen and oxygen atoms in total. The van der Waals surface area contributed by atoms with E-state index in [-0.39, 0.29) is 25.0 Å². The second-order valence-corrected chi connectivity index (χ2v) is 12.6. The van der Waals surface area contributed by atoms with Crippen LogP contribution in [0.15, 0.2) is 42.5 Å². The highest BCUT2D eigenvalue weighted by Gasteiger charge is 2.44. The first-order valence-electron chi connectivity index (χ1n) is 15.2. The summed E-state index contributed by atoms with van der Waals surface area (Å²) in [7, 11) is 0. The molecule has 0 aromatic heterocycles. The van der Waals surface area contributed by atoms with E-state index in [2.05, 4.69) is 5.43 Å². The molecule has 1 unspecified atom stereocenters. The number of benzene rings is 2. The van der Waals surface area contributed by atoms with Crippen LogP contribution in [-0.2, 0) is 16.0 Å². The molecule has 1 saturated carbocycles. The van der Waals surface area contributed by atoms with Crippen molar-refractivity contribution in [1.29, 1.82) is 5.26 Å². The number of rotatable bonds is 10. The number of nitrogens with zero attached hydrogens (tertiary/aromatic N) is 2. The van der Waals surface area contributed by atoms with Crippen LogP contribution in [0.2, 0.25) is 5.02 Å². The van der Waals surface area contributed by atoms with Crippen molar-refractivity contribution in [3.8, 4) is 11.8 Å². The normalized spacial score (nSPS) is 33.0. The van der Waals surface area contributed by atoms with Gasteiger partial charge in [0.15, 0.2) is 0 Å². The number of aliphatic hydroxyl groups excluding tert-OH is 4. The summed E-state index contributed by atoms with van der Waals surface area (Å²) < 4.78 is 25.7. The molecule has 8 atom stereocenters. The lowest BCUT2D eigenvalue weighted by Gasteiger charge is -2.40. The van der Waals surface area contributed by atoms with Gasteiger partial charge in [0, 0.05) is 18.0 Å². The second kappa shape index (κ2) is 14.7. The number of nitriles is 1. The van der Waals surface area contributed by atoms with Gasteiger partial charge in [-0.25, -0.2) is 14.8 Å². The van der Waals surface area contributed by atoms with E-state index < -0.39 is 61.4 Å². The minimum Gasteiger partial charge on any atom is -0.490 e. The van der Waals surface area contributed by atoms with Gasteiger partial charge in [-0.15, -0.1) is 0 Å². The van der Waals surface area contributed by atoms with Gasteiger partial charge in [-0.2, -0.15) is 5.26 Å². The molecule has 244 valence electrons. The standard InChI is InChI=1S/C32H39ClFN3O8/c33-25-10-5-19(31-30(41)29(40)28(39)26(16-38)45-31)12-20(25)11-17-1-6-23(7-2-17)44-24-8-3-18(4-9-24)27(32(42)43)36-37-15-21(34)13-22(37)14-35/h1-2,5-7,10,12,18,21-22,24,26-31,36,38-41H,3-4,8-9,11,13,15-16H2,(H,42,43)/t18?,21-,22?,24?,26+,27-,28+,29-,30+,31-/m0/s1. The maximum Gasteiger partial charge on any atom is 0.322 e. The van der Waals surface area contributed by atoms with Crippen LogP contribution in [-0.4, -0.2) is 98.4 Å². The van der Waals surface area contributed by atoms with Crippen LogP contribution in [0.25, 0.3) is 0 Å². The van der Waals surface area contributed by atoms with E-state index in [1.54, 1.807) is 18.2 Å². The topological polar surface area (TPSA) is 176 Å². The van der Waals surface area contributed by atoms with Crippen LogP contribution in [0.5, 0.6) is 5.75 Å². The zero-order valence-corrected chi connectivity index (χ0v) is 25.3. The van der Waals surface area contributed by atoms with Crippen molar-refractivity contribution in [3.63, 3.8) is 0 Å². The molecule has 0 radical (unpaired) electrons. The van der Waals surface area contributed by atoms with Gasteiger partial charge < -0.3 is 35.0 Å². The van der Waals surface area contributed by atoms with Gasteiger partial charge in [0.2, 0.25) is 0 Å². The fourth-order valence-electron chi connectivity index (χ4n) is 6.51. The Morgan fingerprint density at radius 1 is 1.11 bits per heavy atom. The summed E-state index contributed by atoms with van der Waals surface area (Å²) in [5, 5.41) is 61.4. The molecule has 0 spiro atoms. The molecule has 2 aliphatic heterocycles. The monoisotopic (exact) mass is 647 g/mol. The van der Waals surface area contributed by atoms with E-state index in [4.69, 9.17) is 21.1 Å². The van der Waals surface area contributed by atoms with Gasteiger partial charge in [0.25, 0.3) is 0 Å². The van der Waals surface area contributed by atoms with Crippen LogP contribution in [0.1, 0.15) is 54.9 Å². The predicted molar refractivity (Wildman–Crippen MR) is 160 cm³/mol. The number of carbonyl (C=O) groups is 1. The second-order valence-electron chi connectivity index (χ2n) is 12.2. The highest BCUT2D eigenvalue weighted by Crippen LogP contribution is 2.35. The van der Waals surface area contributed by atoms with Gasteiger partial charge in [-0.05, 0) is 72.9 Å². The maximum absolute atomic E-state index is 13.8. The number of nitrogens with one attached hydrogen (secondary N) is 1. The summed E-state index contributed by atoms with van der Waals surface area (Å²) in [4.78, 5) is 12.0. The number of carboxylic acids is 1. The third kappa shape index (κ3) is 7.76. The van der Waals surface area contributed by atoms with Crippen molar-refractivity contribution < 1.29 is 44.2 Å². The molecule has 3 fully saturated rings. The van der Waals surface area contributed by atoms with E-state index in [1.165, 1.54) is 5.01 Å². The summed E-state index contributed by atoms with van der Waals surface area (Å²) in [5.74, 6) is -0.516. The lowest BCUT2D eigenvalue weighted by atomic mass is 9.82. The summed E-state index contributed by atoms with van der Waals surface area (Å²) >= 11 is 6.48. The van der Waals surface area contributed by atoms with Crippen molar-refractivity contribution >= 4 is 17.6 Å². The molecule has 2 aromatic carbocycles. The fraction of sp³-hybridized carbons (Fsp3) is 0.562. The van der Waals surface area contributed by atoms with Crippen LogP contribution < -0.4 is 10.2 Å². The highest BCUT2D eigenvalue weighted by atomic mass is 35.5. The first kappa shape index (κ1) is 33.5. The molecule has 3 aliphatic rings. The maximum atomic E-state index is 13.8. The Kier molecular flexibility index (Phi) is 10.9. The number of aliphatic carboxylic acids is 1. The number of carboxylic acid groups (broad SMARTS) is 1. The zero-order valence-electron chi connectivity index (χ0n) is 24.6.